The number of hydrogen-bond donors (Lipinski definition) is 0. The van der Waals surface area contributed by atoms with Crippen molar-refractivity contribution in [3.05, 3.63) is 0 Å². The standard InChI is InChI=1S/C25H48O4/c1-4-5-6-7-8-9-10-11-12-13-17-21-28-24(26)18-15-14-16-19-25(27)29-22-20-23(2)3/h23H,4-22H2,1-3H3. The second kappa shape index (κ2) is 21.6. The minimum absolute atomic E-state index is 0.100. The van der Waals surface area contributed by atoms with Gasteiger partial charge in [-0.05, 0) is 31.6 Å². The van der Waals surface area contributed by atoms with Crippen LogP contribution in [0.3, 0.4) is 0 Å². The van der Waals surface area contributed by atoms with Gasteiger partial charge < -0.3 is 9.47 Å². The van der Waals surface area contributed by atoms with Crippen molar-refractivity contribution >= 4 is 11.9 Å². The molecule has 0 amide bonds. The molecule has 0 aliphatic heterocycles. The van der Waals surface area contributed by atoms with Crippen molar-refractivity contribution in [2.75, 3.05) is 13.2 Å². The lowest BCUT2D eigenvalue weighted by molar-refractivity contribution is -0.144. The van der Waals surface area contributed by atoms with Crippen molar-refractivity contribution in [1.82, 2.24) is 0 Å². The van der Waals surface area contributed by atoms with Gasteiger partial charge in [-0.15, -0.1) is 0 Å². The Morgan fingerprint density at radius 1 is 0.586 bits per heavy atom. The summed E-state index contributed by atoms with van der Waals surface area (Å²) >= 11 is 0. The van der Waals surface area contributed by atoms with Gasteiger partial charge in [-0.3, -0.25) is 9.59 Å². The van der Waals surface area contributed by atoms with Crippen LogP contribution in [0.5, 0.6) is 0 Å². The summed E-state index contributed by atoms with van der Waals surface area (Å²) in [6, 6.07) is 0. The van der Waals surface area contributed by atoms with Crippen LogP contribution in [0.4, 0.5) is 0 Å². The SMILES string of the molecule is CCCCCCCCCCCCCOC(=O)CCCCCC(=O)OCCC(C)C. The average Bonchev–Trinajstić information content (AvgIpc) is 2.68. The van der Waals surface area contributed by atoms with Gasteiger partial charge in [0.15, 0.2) is 0 Å². The summed E-state index contributed by atoms with van der Waals surface area (Å²) in [5.74, 6) is 0.334. The molecule has 4 heteroatoms. The van der Waals surface area contributed by atoms with Gasteiger partial charge in [-0.25, -0.2) is 0 Å². The molecule has 0 aliphatic rings. The number of esters is 2. The number of ether oxygens (including phenoxy) is 2. The number of unbranched alkanes of at least 4 members (excludes halogenated alkanes) is 12. The summed E-state index contributed by atoms with van der Waals surface area (Å²) < 4.78 is 10.5. The maximum absolute atomic E-state index is 11.7. The van der Waals surface area contributed by atoms with E-state index < -0.39 is 0 Å². The molecule has 0 heterocycles. The van der Waals surface area contributed by atoms with E-state index in [0.717, 1.165) is 38.5 Å². The molecular weight excluding hydrogens is 364 g/mol. The first-order chi connectivity index (χ1) is 14.1. The zero-order chi connectivity index (χ0) is 21.6. The van der Waals surface area contributed by atoms with E-state index in [1.54, 1.807) is 0 Å². The Kier molecular flexibility index (Phi) is 20.9. The Morgan fingerprint density at radius 2 is 1.00 bits per heavy atom. The highest BCUT2D eigenvalue weighted by Crippen LogP contribution is 2.11. The molecule has 0 spiro atoms. The second-order valence-corrected chi connectivity index (χ2v) is 8.72. The van der Waals surface area contributed by atoms with E-state index in [1.807, 2.05) is 0 Å². The fourth-order valence-corrected chi connectivity index (χ4v) is 3.22. The van der Waals surface area contributed by atoms with E-state index >= 15 is 0 Å². The van der Waals surface area contributed by atoms with Crippen LogP contribution in [0.15, 0.2) is 0 Å². The van der Waals surface area contributed by atoms with Gasteiger partial charge in [0.2, 0.25) is 0 Å². The largest absolute Gasteiger partial charge is 0.466 e. The topological polar surface area (TPSA) is 52.6 Å². The zero-order valence-electron chi connectivity index (χ0n) is 19.6. The highest BCUT2D eigenvalue weighted by Gasteiger charge is 2.06. The van der Waals surface area contributed by atoms with Crippen LogP contribution >= 0.6 is 0 Å². The monoisotopic (exact) mass is 412 g/mol. The second-order valence-electron chi connectivity index (χ2n) is 8.72. The molecule has 0 atom stereocenters. The van der Waals surface area contributed by atoms with Crippen molar-refractivity contribution < 1.29 is 19.1 Å². The van der Waals surface area contributed by atoms with Crippen LogP contribution in [-0.2, 0) is 19.1 Å². The number of rotatable bonds is 21. The highest BCUT2D eigenvalue weighted by molar-refractivity contribution is 5.69. The number of carbonyl (C=O) groups excluding carboxylic acids is 2. The molecule has 172 valence electrons. The predicted molar refractivity (Wildman–Crippen MR) is 121 cm³/mol. The van der Waals surface area contributed by atoms with Crippen molar-refractivity contribution in [3.8, 4) is 0 Å². The molecule has 0 aliphatic carbocycles. The first kappa shape index (κ1) is 27.9. The van der Waals surface area contributed by atoms with Crippen LogP contribution < -0.4 is 0 Å². The molecule has 0 aromatic rings. The molecular formula is C25H48O4. The first-order valence-corrected chi connectivity index (χ1v) is 12.4. The molecule has 4 nitrogen and oxygen atoms in total. The van der Waals surface area contributed by atoms with E-state index in [2.05, 4.69) is 20.8 Å². The van der Waals surface area contributed by atoms with E-state index in [9.17, 15) is 9.59 Å². The highest BCUT2D eigenvalue weighted by atomic mass is 16.5. The summed E-state index contributed by atoms with van der Waals surface area (Å²) in [7, 11) is 0. The van der Waals surface area contributed by atoms with Gasteiger partial charge in [-0.2, -0.15) is 0 Å². The maximum atomic E-state index is 11.7. The molecule has 0 aromatic carbocycles. The fraction of sp³-hybridized carbons (Fsp3) is 0.920. The molecule has 0 radical (unpaired) electrons. The van der Waals surface area contributed by atoms with Gasteiger partial charge >= 0.3 is 11.9 Å². The quantitative estimate of drug-likeness (QED) is 0.146. The van der Waals surface area contributed by atoms with Gasteiger partial charge in [0.05, 0.1) is 13.2 Å². The molecule has 0 bridgehead atoms. The molecule has 0 fully saturated rings. The Hall–Kier alpha value is -1.06. The van der Waals surface area contributed by atoms with Crippen molar-refractivity contribution in [3.63, 3.8) is 0 Å². The van der Waals surface area contributed by atoms with Crippen LogP contribution in [0.2, 0.25) is 0 Å². The number of hydrogen-bond acceptors (Lipinski definition) is 4. The Balaban J connectivity index is 3.27. The molecule has 0 aromatic heterocycles. The van der Waals surface area contributed by atoms with E-state index in [4.69, 9.17) is 9.47 Å². The minimum atomic E-state index is -0.121. The molecule has 29 heavy (non-hydrogen) atoms. The molecule has 0 unspecified atom stereocenters. The van der Waals surface area contributed by atoms with Crippen molar-refractivity contribution in [1.29, 1.82) is 0 Å². The van der Waals surface area contributed by atoms with Crippen LogP contribution in [0.1, 0.15) is 130 Å². The van der Waals surface area contributed by atoms with Crippen molar-refractivity contribution in [2.45, 2.75) is 130 Å². The third-order valence-electron chi connectivity index (χ3n) is 5.23. The summed E-state index contributed by atoms with van der Waals surface area (Å²) in [6.07, 6.45) is 18.5. The van der Waals surface area contributed by atoms with E-state index in [0.29, 0.717) is 32.0 Å². The van der Waals surface area contributed by atoms with Crippen LogP contribution in [0, 0.1) is 5.92 Å². The third kappa shape index (κ3) is 23.1. The summed E-state index contributed by atoms with van der Waals surface area (Å²) in [4.78, 5) is 23.3. The van der Waals surface area contributed by atoms with Crippen molar-refractivity contribution in [2.24, 2.45) is 5.92 Å². The Bertz CT molecular complexity index is 379. The Morgan fingerprint density at radius 3 is 1.48 bits per heavy atom. The number of carbonyl (C=O) groups is 2. The van der Waals surface area contributed by atoms with E-state index in [1.165, 1.54) is 57.8 Å². The van der Waals surface area contributed by atoms with Gasteiger partial charge in [0, 0.05) is 12.8 Å². The Labute approximate surface area is 180 Å². The summed E-state index contributed by atoms with van der Waals surface area (Å²) in [5, 5.41) is 0. The molecule has 0 saturated heterocycles. The lowest BCUT2D eigenvalue weighted by atomic mass is 10.1. The van der Waals surface area contributed by atoms with Gasteiger partial charge in [-0.1, -0.05) is 91.4 Å². The molecule has 0 saturated carbocycles. The molecule has 0 N–H and O–H groups in total. The maximum Gasteiger partial charge on any atom is 0.305 e. The van der Waals surface area contributed by atoms with Crippen LogP contribution in [0.25, 0.3) is 0 Å². The van der Waals surface area contributed by atoms with Gasteiger partial charge in [0.25, 0.3) is 0 Å². The first-order valence-electron chi connectivity index (χ1n) is 12.4. The third-order valence-corrected chi connectivity index (χ3v) is 5.23. The predicted octanol–water partition coefficient (Wildman–Crippen LogP) is 7.38. The smallest absolute Gasteiger partial charge is 0.305 e. The van der Waals surface area contributed by atoms with E-state index in [-0.39, 0.29) is 11.9 Å². The van der Waals surface area contributed by atoms with Gasteiger partial charge in [0.1, 0.15) is 0 Å². The normalized spacial score (nSPS) is 11.0. The summed E-state index contributed by atoms with van der Waals surface area (Å²) in [6.45, 7) is 7.56. The molecule has 0 rings (SSSR count). The fourth-order valence-electron chi connectivity index (χ4n) is 3.22. The zero-order valence-corrected chi connectivity index (χ0v) is 19.6. The minimum Gasteiger partial charge on any atom is -0.466 e. The summed E-state index contributed by atoms with van der Waals surface area (Å²) in [5.41, 5.74) is 0. The lowest BCUT2D eigenvalue weighted by Gasteiger charge is -2.07. The lowest BCUT2D eigenvalue weighted by Crippen LogP contribution is -2.08. The van der Waals surface area contributed by atoms with Crippen LogP contribution in [-0.4, -0.2) is 25.2 Å². The average molecular weight is 413 g/mol.